The molecule has 0 aromatic heterocycles. The summed E-state index contributed by atoms with van der Waals surface area (Å²) in [6, 6.07) is 12.6. The Kier molecular flexibility index (Phi) is 15.7. The highest BCUT2D eigenvalue weighted by molar-refractivity contribution is 7.95. The zero-order chi connectivity index (χ0) is 47.9. The van der Waals surface area contributed by atoms with E-state index in [4.69, 9.17) is 15.8 Å². The molecule has 346 valence electrons. The summed E-state index contributed by atoms with van der Waals surface area (Å²) in [6.45, 7) is 1.69. The molecule has 5 aromatic rings. The van der Waals surface area contributed by atoms with Crippen molar-refractivity contribution in [2.45, 2.75) is 37.4 Å². The minimum absolute atomic E-state index is 0.0318. The lowest BCUT2D eigenvalue weighted by Crippen LogP contribution is -2.33. The number of hydrogen-bond donors (Lipinski definition) is 8. The van der Waals surface area contributed by atoms with Gasteiger partial charge in [0.05, 0.1) is 62.7 Å². The van der Waals surface area contributed by atoms with Crippen molar-refractivity contribution in [3.05, 3.63) is 78.4 Å². The van der Waals surface area contributed by atoms with Crippen LogP contribution in [0.4, 0.5) is 34.1 Å². The number of carboxylic acid groups (broad SMARTS) is 1. The first kappa shape index (κ1) is 49.3. The van der Waals surface area contributed by atoms with E-state index in [0.717, 1.165) is 29.3 Å². The maximum Gasteiger partial charge on any atom is 0.355 e. The highest BCUT2D eigenvalue weighted by Gasteiger charge is 2.41. The zero-order valence-corrected chi connectivity index (χ0v) is 36.2. The van der Waals surface area contributed by atoms with E-state index in [-0.39, 0.29) is 44.3 Å². The van der Waals surface area contributed by atoms with Crippen LogP contribution >= 0.6 is 36.1 Å². The number of anilines is 1. The van der Waals surface area contributed by atoms with Crippen molar-refractivity contribution in [1.82, 2.24) is 0 Å². The Hall–Kier alpha value is -6.12. The van der Waals surface area contributed by atoms with Gasteiger partial charge in [0.1, 0.15) is 32.5 Å². The summed E-state index contributed by atoms with van der Waals surface area (Å²) in [5, 5.41) is 95.6. The van der Waals surface area contributed by atoms with Crippen molar-refractivity contribution in [2.24, 2.45) is 35.8 Å². The SMILES string of the molecule is Cc1ccc(N=Nc2c(S(=O)(=O)O)cc3cc(SOOO)c(N=Nc4ccc(N=NC5C(=O)N(c6ccc(SOOO)cc6)N=C5C(=O)O)cc4S(=O)(=O)O)c(O)c3c2O)c(SOOO)c1. The maximum atomic E-state index is 13.3. The Morgan fingerprint density at radius 2 is 1.29 bits per heavy atom. The third kappa shape index (κ3) is 11.3. The Morgan fingerprint density at radius 3 is 1.92 bits per heavy atom. The van der Waals surface area contributed by atoms with Crippen molar-refractivity contribution in [1.29, 1.82) is 0 Å². The van der Waals surface area contributed by atoms with E-state index in [9.17, 15) is 50.8 Å². The van der Waals surface area contributed by atoms with Crippen molar-refractivity contribution in [2.75, 3.05) is 5.01 Å². The quantitative estimate of drug-likeness (QED) is 0.0127. The highest BCUT2D eigenvalue weighted by Crippen LogP contribution is 2.51. The number of hydrogen-bond acceptors (Lipinski definition) is 27. The second-order valence-electron chi connectivity index (χ2n) is 12.4. The first-order valence-electron chi connectivity index (χ1n) is 17.1. The van der Waals surface area contributed by atoms with Crippen LogP contribution in [0.1, 0.15) is 5.56 Å². The van der Waals surface area contributed by atoms with Gasteiger partial charge in [0.2, 0.25) is 6.04 Å². The lowest BCUT2D eigenvalue weighted by molar-refractivity contribution is -0.432. The van der Waals surface area contributed by atoms with Crippen LogP contribution < -0.4 is 5.01 Å². The highest BCUT2D eigenvalue weighted by atomic mass is 32.2. The van der Waals surface area contributed by atoms with Gasteiger partial charge in [-0.2, -0.15) is 37.2 Å². The van der Waals surface area contributed by atoms with Crippen LogP contribution in [0.2, 0.25) is 0 Å². The topological polar surface area (TPSA) is 409 Å². The first-order valence-corrected chi connectivity index (χ1v) is 22.2. The number of fused-ring (bicyclic) bond motifs is 1. The fraction of sp³-hybridized carbons (Fsp3) is 0.0606. The van der Waals surface area contributed by atoms with Crippen LogP contribution in [0.15, 0.2) is 133 Å². The molecule has 1 amide bonds. The summed E-state index contributed by atoms with van der Waals surface area (Å²) < 4.78 is 83.7. The largest absolute Gasteiger partial charge is 0.505 e. The van der Waals surface area contributed by atoms with Gasteiger partial charge in [-0.15, -0.1) is 33.5 Å². The Labute approximate surface area is 380 Å². The van der Waals surface area contributed by atoms with Gasteiger partial charge < -0.3 is 15.3 Å². The Morgan fingerprint density at radius 1 is 0.697 bits per heavy atom. The Balaban J connectivity index is 1.39. The van der Waals surface area contributed by atoms with E-state index in [0.29, 0.717) is 40.6 Å². The lowest BCUT2D eigenvalue weighted by Gasteiger charge is -2.13. The van der Waals surface area contributed by atoms with E-state index in [1.807, 2.05) is 0 Å². The van der Waals surface area contributed by atoms with Crippen LogP contribution in [-0.4, -0.2) is 80.7 Å². The molecule has 0 radical (unpaired) electrons. The number of carboxylic acids is 1. The molecular weight excluding hydrogens is 989 g/mol. The number of benzene rings is 5. The number of carbonyl (C=O) groups excluding carboxylic acids is 1. The third-order valence-electron chi connectivity index (χ3n) is 8.35. The Bertz CT molecular complexity index is 3070. The van der Waals surface area contributed by atoms with Gasteiger partial charge in [-0.1, -0.05) is 21.2 Å². The molecule has 28 nitrogen and oxygen atoms in total. The molecule has 33 heteroatoms. The molecule has 0 fully saturated rings. The van der Waals surface area contributed by atoms with E-state index in [1.54, 1.807) is 13.0 Å². The number of rotatable bonds is 19. The number of amides is 1. The molecule has 0 bridgehead atoms. The van der Waals surface area contributed by atoms with Gasteiger partial charge in [-0.25, -0.2) is 20.6 Å². The van der Waals surface area contributed by atoms with Crippen LogP contribution in [0.25, 0.3) is 10.8 Å². The summed E-state index contributed by atoms with van der Waals surface area (Å²) in [4.78, 5) is 23.4. The van der Waals surface area contributed by atoms with Crippen LogP contribution in [0.3, 0.4) is 0 Å². The number of aromatic hydroxyl groups is 2. The summed E-state index contributed by atoms with van der Waals surface area (Å²) in [5.41, 5.74) is -2.68. The molecule has 66 heavy (non-hydrogen) atoms. The fourth-order valence-electron chi connectivity index (χ4n) is 5.57. The molecule has 1 aliphatic heterocycles. The molecule has 1 aliphatic rings. The van der Waals surface area contributed by atoms with E-state index >= 15 is 0 Å². The number of nitrogens with zero attached hydrogens (tertiary/aromatic N) is 8. The van der Waals surface area contributed by atoms with Gasteiger partial charge in [0.15, 0.2) is 17.2 Å². The smallest absolute Gasteiger partial charge is 0.355 e. The number of phenols is 2. The molecule has 0 aliphatic carbocycles. The standard InChI is InChI=1S/C33H24N8O20S5/c1-14-2-8-19(21(10-14)63-60-57-48)35-38-27-24(66(53,54)55)12-15-11-22(64-61-58-49)26(30(42)25(15)31(27)43)37-36-20-9-3-16(13-23(20)65(50,51)52)34-39-28-29(33(45)46)40-41(32(28)44)17-4-6-18(7-5-17)62-59-56-47/h2-13,28,42-43,47-49H,1H3,(H,45,46)(H,50,51,52)(H,53,54,55). The van der Waals surface area contributed by atoms with Crippen LogP contribution in [0, 0.1) is 6.92 Å². The average Bonchev–Trinajstić information content (AvgIpc) is 3.61. The minimum Gasteiger partial charge on any atom is -0.505 e. The van der Waals surface area contributed by atoms with Crippen molar-refractivity contribution < 1.29 is 94.7 Å². The number of carbonyl (C=O) groups is 2. The number of aryl methyl sites for hydroxylation is 1. The number of aliphatic carboxylic acids is 1. The van der Waals surface area contributed by atoms with Gasteiger partial charge in [0.25, 0.3) is 26.1 Å². The van der Waals surface area contributed by atoms with Gasteiger partial charge >= 0.3 is 5.97 Å². The average molecular weight is 1010 g/mol. The molecular formula is C33H24N8O20S5. The van der Waals surface area contributed by atoms with Gasteiger partial charge in [-0.3, -0.25) is 13.9 Å². The molecule has 0 saturated carbocycles. The number of phenolic OH excluding ortho intramolecular Hbond substituents is 2. The molecule has 0 spiro atoms. The molecule has 5 aromatic carbocycles. The molecule has 8 N–H and O–H groups in total. The predicted molar refractivity (Wildman–Crippen MR) is 222 cm³/mol. The third-order valence-corrected chi connectivity index (χ3v) is 11.9. The van der Waals surface area contributed by atoms with Crippen LogP contribution in [-0.2, 0) is 57.9 Å². The molecule has 1 heterocycles. The normalized spacial score (nSPS) is 14.7. The summed E-state index contributed by atoms with van der Waals surface area (Å²) >= 11 is 1.20. The molecule has 0 saturated heterocycles. The predicted octanol–water partition coefficient (Wildman–Crippen LogP) is 8.11. The van der Waals surface area contributed by atoms with Crippen molar-refractivity contribution in [3.63, 3.8) is 0 Å². The number of hydrazone groups is 1. The van der Waals surface area contributed by atoms with Gasteiger partial charge in [0, 0.05) is 4.90 Å². The van der Waals surface area contributed by atoms with E-state index in [1.165, 1.54) is 36.4 Å². The van der Waals surface area contributed by atoms with Crippen LogP contribution in [0.5, 0.6) is 11.5 Å². The molecule has 6 rings (SSSR count). The lowest BCUT2D eigenvalue weighted by atomic mass is 10.1. The molecule has 1 atom stereocenters. The second-order valence-corrected chi connectivity index (χ2v) is 17.5. The maximum absolute atomic E-state index is 13.3. The van der Waals surface area contributed by atoms with Crippen molar-refractivity contribution in [3.8, 4) is 11.5 Å². The zero-order valence-electron chi connectivity index (χ0n) is 32.1. The van der Waals surface area contributed by atoms with Gasteiger partial charge in [-0.05, 0) is 84.6 Å². The van der Waals surface area contributed by atoms with E-state index < -0.39 is 87.6 Å². The second kappa shape index (κ2) is 21.0. The van der Waals surface area contributed by atoms with Crippen molar-refractivity contribution >= 4 is 119 Å². The van der Waals surface area contributed by atoms with E-state index in [2.05, 4.69) is 63.9 Å². The summed E-state index contributed by atoms with van der Waals surface area (Å²) in [6.07, 6.45) is 0. The number of azo groups is 3. The molecule has 1 unspecified atom stereocenters. The first-order chi connectivity index (χ1) is 31.4. The summed E-state index contributed by atoms with van der Waals surface area (Å²) in [7, 11) is -10.4. The summed E-state index contributed by atoms with van der Waals surface area (Å²) in [5.74, 6) is -4.78. The monoisotopic (exact) mass is 1010 g/mol. The fourth-order valence-corrected chi connectivity index (χ4v) is 8.25. The minimum atomic E-state index is -5.23.